The van der Waals surface area contributed by atoms with Gasteiger partial charge in [0.15, 0.2) is 5.82 Å². The molecule has 31 heavy (non-hydrogen) atoms. The van der Waals surface area contributed by atoms with Crippen molar-refractivity contribution in [2.24, 2.45) is 0 Å². The highest BCUT2D eigenvalue weighted by Gasteiger charge is 2.15. The van der Waals surface area contributed by atoms with Crippen molar-refractivity contribution >= 4 is 28.4 Å². The monoisotopic (exact) mass is 433 g/mol. The molecule has 0 aliphatic rings. The highest BCUT2D eigenvalue weighted by molar-refractivity contribution is 8.07. The van der Waals surface area contributed by atoms with E-state index in [1.165, 1.54) is 5.56 Å². The van der Waals surface area contributed by atoms with Crippen molar-refractivity contribution < 1.29 is 9.53 Å². The van der Waals surface area contributed by atoms with E-state index in [0.717, 1.165) is 34.8 Å². The number of hydrogen-bond acceptors (Lipinski definition) is 5. The molecule has 0 saturated carbocycles. The summed E-state index contributed by atoms with van der Waals surface area (Å²) in [5, 5.41) is 2.96. The van der Waals surface area contributed by atoms with Gasteiger partial charge >= 0.3 is 0 Å². The lowest BCUT2D eigenvalue weighted by Crippen LogP contribution is -2.15. The molecule has 6 heteroatoms. The molecule has 0 spiro atoms. The molecule has 1 aromatic heterocycles. The van der Waals surface area contributed by atoms with E-state index in [0.29, 0.717) is 17.9 Å². The molecule has 0 atom stereocenters. The molecule has 0 aliphatic carbocycles. The molecule has 160 valence electrons. The molecule has 5 nitrogen and oxygen atoms in total. The van der Waals surface area contributed by atoms with Gasteiger partial charge in [-0.1, -0.05) is 36.4 Å². The first-order valence-electron chi connectivity index (χ1n) is 10.2. The zero-order valence-electron chi connectivity index (χ0n) is 18.1. The fraction of sp³-hybridized carbons (Fsp3) is 0.240. The standard InChI is InChI=1S/C25H27N3O2S/c1-4-22(31-3)24-25(28-23(29)12-8-11-18-9-6-5-7-10-18)26-17-21(27-24)19-13-15-20(30-2)16-14-19/h4-7,9-10,13-17H,8,11-12H2,1-3H3,(H,26,28,29)/b22-4-. The van der Waals surface area contributed by atoms with E-state index in [4.69, 9.17) is 9.72 Å². The van der Waals surface area contributed by atoms with E-state index in [-0.39, 0.29) is 5.91 Å². The molecule has 0 radical (unpaired) electrons. The van der Waals surface area contributed by atoms with E-state index < -0.39 is 0 Å². The Morgan fingerprint density at radius 3 is 2.52 bits per heavy atom. The molecule has 0 unspecified atom stereocenters. The molecule has 1 N–H and O–H groups in total. The van der Waals surface area contributed by atoms with Crippen LogP contribution in [-0.4, -0.2) is 29.2 Å². The number of aryl methyl sites for hydroxylation is 1. The maximum atomic E-state index is 12.6. The number of carbonyl (C=O) groups is 1. The number of anilines is 1. The predicted molar refractivity (Wildman–Crippen MR) is 129 cm³/mol. The largest absolute Gasteiger partial charge is 0.497 e. The van der Waals surface area contributed by atoms with Gasteiger partial charge in [0.05, 0.1) is 19.0 Å². The number of thioether (sulfide) groups is 1. The van der Waals surface area contributed by atoms with Gasteiger partial charge in [0, 0.05) is 16.9 Å². The van der Waals surface area contributed by atoms with Gasteiger partial charge in [-0.3, -0.25) is 4.79 Å². The maximum Gasteiger partial charge on any atom is 0.225 e. The third kappa shape index (κ3) is 6.18. The van der Waals surface area contributed by atoms with Gasteiger partial charge in [0.1, 0.15) is 11.4 Å². The molecular weight excluding hydrogens is 406 g/mol. The quantitative estimate of drug-likeness (QED) is 0.459. The topological polar surface area (TPSA) is 64.1 Å². The Kier molecular flexibility index (Phi) is 8.24. The van der Waals surface area contributed by atoms with Crippen LogP contribution < -0.4 is 10.1 Å². The number of allylic oxidation sites excluding steroid dienone is 1. The van der Waals surface area contributed by atoms with Crippen LogP contribution in [0.4, 0.5) is 5.82 Å². The van der Waals surface area contributed by atoms with Gasteiger partial charge in [0.25, 0.3) is 0 Å². The highest BCUT2D eigenvalue weighted by atomic mass is 32.2. The molecule has 3 aromatic rings. The normalized spacial score (nSPS) is 11.3. The number of benzene rings is 2. The molecule has 3 rings (SSSR count). The lowest BCUT2D eigenvalue weighted by atomic mass is 10.1. The van der Waals surface area contributed by atoms with E-state index in [2.05, 4.69) is 22.4 Å². The number of ether oxygens (including phenoxy) is 1. The van der Waals surface area contributed by atoms with Gasteiger partial charge in [-0.05, 0) is 55.9 Å². The smallest absolute Gasteiger partial charge is 0.225 e. The fourth-order valence-corrected chi connectivity index (χ4v) is 3.77. The minimum absolute atomic E-state index is 0.0553. The van der Waals surface area contributed by atoms with E-state index >= 15 is 0 Å². The van der Waals surface area contributed by atoms with Crippen LogP contribution >= 0.6 is 11.8 Å². The average Bonchev–Trinajstić information content (AvgIpc) is 2.81. The summed E-state index contributed by atoms with van der Waals surface area (Å²) >= 11 is 1.58. The van der Waals surface area contributed by atoms with Crippen LogP contribution in [0.15, 0.2) is 66.9 Å². The first-order chi connectivity index (χ1) is 15.1. The van der Waals surface area contributed by atoms with Crippen molar-refractivity contribution in [2.75, 3.05) is 18.7 Å². The van der Waals surface area contributed by atoms with Crippen molar-refractivity contribution in [3.8, 4) is 17.0 Å². The summed E-state index contributed by atoms with van der Waals surface area (Å²) < 4.78 is 5.23. The Balaban J connectivity index is 1.75. The van der Waals surface area contributed by atoms with Crippen molar-refractivity contribution in [3.05, 3.63) is 78.1 Å². The minimum atomic E-state index is -0.0553. The number of aromatic nitrogens is 2. The maximum absolute atomic E-state index is 12.6. The van der Waals surface area contributed by atoms with Crippen molar-refractivity contribution in [1.82, 2.24) is 9.97 Å². The number of nitrogens with zero attached hydrogens (tertiary/aromatic N) is 2. The average molecular weight is 434 g/mol. The summed E-state index contributed by atoms with van der Waals surface area (Å²) in [5.74, 6) is 1.22. The van der Waals surface area contributed by atoms with Gasteiger partial charge in [-0.15, -0.1) is 11.8 Å². The molecule has 1 amide bonds. The van der Waals surface area contributed by atoms with Gasteiger partial charge in [-0.25, -0.2) is 9.97 Å². The lowest BCUT2D eigenvalue weighted by molar-refractivity contribution is -0.116. The number of hydrogen-bond donors (Lipinski definition) is 1. The zero-order valence-corrected chi connectivity index (χ0v) is 18.9. The number of rotatable bonds is 9. The molecule has 2 aromatic carbocycles. The molecule has 0 bridgehead atoms. The predicted octanol–water partition coefficient (Wildman–Crippen LogP) is 5.84. The molecule has 0 saturated heterocycles. The second-order valence-corrected chi connectivity index (χ2v) is 7.77. The second kappa shape index (κ2) is 11.3. The van der Waals surface area contributed by atoms with Crippen molar-refractivity contribution in [3.63, 3.8) is 0 Å². The molecule has 1 heterocycles. The van der Waals surface area contributed by atoms with Crippen LogP contribution in [0.1, 0.15) is 31.0 Å². The summed E-state index contributed by atoms with van der Waals surface area (Å²) in [6.45, 7) is 1.96. The molecule has 0 fully saturated rings. The summed E-state index contributed by atoms with van der Waals surface area (Å²) in [5.41, 5.74) is 3.60. The zero-order chi connectivity index (χ0) is 22.1. The van der Waals surface area contributed by atoms with Crippen LogP contribution in [-0.2, 0) is 11.2 Å². The third-order valence-electron chi connectivity index (χ3n) is 4.84. The Morgan fingerprint density at radius 2 is 1.87 bits per heavy atom. The van der Waals surface area contributed by atoms with Gasteiger partial charge in [0.2, 0.25) is 5.91 Å². The van der Waals surface area contributed by atoms with Crippen molar-refractivity contribution in [2.45, 2.75) is 26.2 Å². The van der Waals surface area contributed by atoms with Crippen LogP contribution in [0.3, 0.4) is 0 Å². The fourth-order valence-electron chi connectivity index (χ4n) is 3.20. The van der Waals surface area contributed by atoms with E-state index in [1.54, 1.807) is 25.1 Å². The highest BCUT2D eigenvalue weighted by Crippen LogP contribution is 2.31. The van der Waals surface area contributed by atoms with Crippen LogP contribution in [0, 0.1) is 0 Å². The summed E-state index contributed by atoms with van der Waals surface area (Å²) in [6, 6.07) is 17.9. The Labute approximate surface area is 188 Å². The van der Waals surface area contributed by atoms with Crippen LogP contribution in [0.5, 0.6) is 5.75 Å². The molecule has 0 aliphatic heterocycles. The first-order valence-corrected chi connectivity index (χ1v) is 11.4. The van der Waals surface area contributed by atoms with Gasteiger partial charge < -0.3 is 10.1 Å². The third-order valence-corrected chi connectivity index (χ3v) is 5.71. The summed E-state index contributed by atoms with van der Waals surface area (Å²) in [7, 11) is 1.64. The first kappa shape index (κ1) is 22.6. The SMILES string of the molecule is C/C=C(\SC)c1nc(-c2ccc(OC)cc2)cnc1NC(=O)CCCc1ccccc1. The Morgan fingerprint density at radius 1 is 1.13 bits per heavy atom. The van der Waals surface area contributed by atoms with Gasteiger partial charge in [-0.2, -0.15) is 0 Å². The van der Waals surface area contributed by atoms with Crippen LogP contribution in [0.25, 0.3) is 16.2 Å². The Bertz CT molecular complexity index is 1030. The van der Waals surface area contributed by atoms with Crippen LogP contribution in [0.2, 0.25) is 0 Å². The number of amides is 1. The van der Waals surface area contributed by atoms with E-state index in [9.17, 15) is 4.79 Å². The summed E-state index contributed by atoms with van der Waals surface area (Å²) in [4.78, 5) is 22.9. The number of nitrogens with one attached hydrogen (secondary N) is 1. The molecular formula is C25H27N3O2S. The number of carbonyl (C=O) groups excluding carboxylic acids is 1. The van der Waals surface area contributed by atoms with Crippen molar-refractivity contribution in [1.29, 1.82) is 0 Å². The summed E-state index contributed by atoms with van der Waals surface area (Å²) in [6.07, 6.45) is 7.74. The minimum Gasteiger partial charge on any atom is -0.497 e. The second-order valence-electron chi connectivity index (χ2n) is 6.93. The van der Waals surface area contributed by atoms with E-state index in [1.807, 2.05) is 61.7 Å². The lowest BCUT2D eigenvalue weighted by Gasteiger charge is -2.13. The Hall–Kier alpha value is -3.12. The number of methoxy groups -OCH3 is 1.